The third-order valence-corrected chi connectivity index (χ3v) is 7.59. The number of guanidine groups is 1. The van der Waals surface area contributed by atoms with Crippen LogP contribution < -0.4 is 26.8 Å². The van der Waals surface area contributed by atoms with E-state index in [9.17, 15) is 19.5 Å². The Morgan fingerprint density at radius 1 is 0.932 bits per heavy atom. The van der Waals surface area contributed by atoms with Crippen LogP contribution in [0.1, 0.15) is 48.8 Å². The minimum atomic E-state index is -1.22. The minimum Gasteiger partial charge on any atom is -0.490 e. The number of ether oxygens (including phenoxy) is 1. The van der Waals surface area contributed by atoms with Crippen molar-refractivity contribution in [2.75, 3.05) is 6.61 Å². The number of benzene rings is 3. The van der Waals surface area contributed by atoms with Crippen LogP contribution in [0.15, 0.2) is 90.4 Å². The number of fused-ring (bicyclic) bond motifs is 3. The second-order valence-electron chi connectivity index (χ2n) is 10.9. The van der Waals surface area contributed by atoms with Crippen LogP contribution in [0.25, 0.3) is 11.1 Å². The normalized spacial score (nSPS) is 13.8. The van der Waals surface area contributed by atoms with Crippen molar-refractivity contribution in [1.82, 2.24) is 10.6 Å². The van der Waals surface area contributed by atoms with E-state index in [1.165, 1.54) is 0 Å². The zero-order chi connectivity index (χ0) is 31.6. The van der Waals surface area contributed by atoms with Gasteiger partial charge in [0.15, 0.2) is 5.96 Å². The Morgan fingerprint density at radius 2 is 1.55 bits per heavy atom. The summed E-state index contributed by atoms with van der Waals surface area (Å²) in [6, 6.07) is 20.4. The number of aliphatic imine (C=N–C) groups is 1. The lowest BCUT2D eigenvalue weighted by Crippen LogP contribution is -2.52. The van der Waals surface area contributed by atoms with Crippen LogP contribution in [-0.2, 0) is 20.8 Å². The van der Waals surface area contributed by atoms with E-state index < -0.39 is 24.0 Å². The van der Waals surface area contributed by atoms with Crippen LogP contribution in [0.4, 0.5) is 0 Å². The van der Waals surface area contributed by atoms with Crippen LogP contribution >= 0.6 is 0 Å². The number of hydrogen-bond acceptors (Lipinski definition) is 5. The summed E-state index contributed by atoms with van der Waals surface area (Å²) in [4.78, 5) is 43.3. The Bertz CT molecular complexity index is 1470. The van der Waals surface area contributed by atoms with Crippen LogP contribution in [0.2, 0.25) is 0 Å². The zero-order valence-electron chi connectivity index (χ0n) is 24.7. The number of nitrogens with zero attached hydrogens (tertiary/aromatic N) is 1. The van der Waals surface area contributed by atoms with Crippen LogP contribution in [0, 0.1) is 0 Å². The highest BCUT2D eigenvalue weighted by molar-refractivity contribution is 5.91. The number of nitrogens with one attached hydrogen (secondary N) is 2. The van der Waals surface area contributed by atoms with E-state index in [4.69, 9.17) is 16.2 Å². The van der Waals surface area contributed by atoms with E-state index in [-0.39, 0.29) is 43.1 Å². The van der Waals surface area contributed by atoms with Crippen molar-refractivity contribution in [3.05, 3.63) is 102 Å². The van der Waals surface area contributed by atoms with Crippen molar-refractivity contribution < 1.29 is 24.2 Å². The number of carbonyl (C=O) groups excluding carboxylic acids is 2. The van der Waals surface area contributed by atoms with E-state index >= 15 is 0 Å². The molecule has 4 rings (SSSR count). The summed E-state index contributed by atoms with van der Waals surface area (Å²) in [6.07, 6.45) is 2.39. The van der Waals surface area contributed by atoms with Crippen molar-refractivity contribution in [2.24, 2.45) is 16.5 Å². The highest BCUT2D eigenvalue weighted by Crippen LogP contribution is 2.46. The lowest BCUT2D eigenvalue weighted by Gasteiger charge is -2.23. The number of rotatable bonds is 15. The second kappa shape index (κ2) is 14.9. The van der Waals surface area contributed by atoms with Crippen molar-refractivity contribution in [1.29, 1.82) is 0 Å². The van der Waals surface area contributed by atoms with Gasteiger partial charge in [-0.25, -0.2) is 4.79 Å². The molecule has 3 atom stereocenters. The van der Waals surface area contributed by atoms with Crippen molar-refractivity contribution in [2.45, 2.75) is 56.7 Å². The van der Waals surface area contributed by atoms with Crippen LogP contribution in [0.5, 0.6) is 5.75 Å². The maximum Gasteiger partial charge on any atom is 0.326 e. The Hall–Kier alpha value is -5.12. The molecule has 0 heterocycles. The molecule has 44 heavy (non-hydrogen) atoms. The molecule has 0 radical (unpaired) electrons. The number of carboxylic acids is 1. The molecule has 1 aliphatic rings. The summed E-state index contributed by atoms with van der Waals surface area (Å²) >= 11 is 0. The highest BCUT2D eigenvalue weighted by Gasteiger charge is 2.32. The molecule has 1 aliphatic carbocycles. The minimum absolute atomic E-state index is 0.0452. The maximum absolute atomic E-state index is 13.5. The van der Waals surface area contributed by atoms with Gasteiger partial charge in [-0.1, -0.05) is 73.3 Å². The zero-order valence-corrected chi connectivity index (χ0v) is 24.7. The summed E-state index contributed by atoms with van der Waals surface area (Å²) in [5.41, 5.74) is 16.0. The molecule has 7 N–H and O–H groups in total. The lowest BCUT2D eigenvalue weighted by molar-refractivity contribution is -0.142. The second-order valence-corrected chi connectivity index (χ2v) is 10.9. The molecule has 2 amide bonds. The molecule has 0 bridgehead atoms. The van der Waals surface area contributed by atoms with E-state index in [2.05, 4.69) is 22.2 Å². The quantitative estimate of drug-likeness (QED) is 0.101. The van der Waals surface area contributed by atoms with E-state index in [0.29, 0.717) is 24.3 Å². The fourth-order valence-electron chi connectivity index (χ4n) is 5.50. The molecule has 10 nitrogen and oxygen atoms in total. The fraction of sp³-hybridized carbons (Fsp3) is 0.294. The summed E-state index contributed by atoms with van der Waals surface area (Å²) in [5.74, 6) is -1.73. The average Bonchev–Trinajstić information content (AvgIpc) is 3.31. The molecule has 0 fully saturated rings. The molecule has 0 saturated heterocycles. The van der Waals surface area contributed by atoms with Gasteiger partial charge in [-0.15, -0.1) is 0 Å². The fourth-order valence-corrected chi connectivity index (χ4v) is 5.50. The standard InChI is InChI=1S/C34H39N5O5/c1-3-18-44-23-15-13-22(14-16-23)19-30(33(42)43)39-32(41)29(17-12-21(2)37-34(35)36)38-31(40)20-28-26-10-6-4-8-24(26)25-9-5-7-11-27(25)28/h3-11,13-16,21,28-30H,1,12,17-20H2,2H3,(H,38,40)(H,39,41)(H,42,43)(H4,35,36,37)/t21?,29-,30-/m0/s1. The van der Waals surface area contributed by atoms with Crippen molar-refractivity contribution in [3.8, 4) is 16.9 Å². The molecule has 0 aliphatic heterocycles. The Balaban J connectivity index is 1.48. The van der Waals surface area contributed by atoms with Gasteiger partial charge in [0.2, 0.25) is 11.8 Å². The molecular weight excluding hydrogens is 558 g/mol. The molecule has 0 aromatic heterocycles. The molecule has 230 valence electrons. The molecular formula is C34H39N5O5. The lowest BCUT2D eigenvalue weighted by atomic mass is 9.93. The van der Waals surface area contributed by atoms with Crippen LogP contribution in [0.3, 0.4) is 0 Å². The van der Waals surface area contributed by atoms with Gasteiger partial charge in [-0.3, -0.25) is 14.6 Å². The number of aliphatic carboxylic acids is 1. The van der Waals surface area contributed by atoms with E-state index in [1.807, 2.05) is 48.5 Å². The van der Waals surface area contributed by atoms with Gasteiger partial charge in [0.25, 0.3) is 0 Å². The number of hydrogen-bond donors (Lipinski definition) is 5. The monoisotopic (exact) mass is 597 g/mol. The maximum atomic E-state index is 13.5. The predicted molar refractivity (Wildman–Crippen MR) is 170 cm³/mol. The molecule has 0 spiro atoms. The average molecular weight is 598 g/mol. The van der Waals surface area contributed by atoms with Crippen molar-refractivity contribution in [3.63, 3.8) is 0 Å². The first-order valence-electron chi connectivity index (χ1n) is 14.6. The predicted octanol–water partition coefficient (Wildman–Crippen LogP) is 3.49. The third kappa shape index (κ3) is 8.25. The molecule has 3 aromatic rings. The number of amides is 2. The first-order chi connectivity index (χ1) is 21.2. The SMILES string of the molecule is C=CCOc1ccc(C[C@H](NC(=O)[C@H](CCC(C)N=C(N)N)NC(=O)CC2c3ccccc3-c3ccccc32)C(=O)O)cc1. The number of nitrogens with two attached hydrogens (primary N) is 2. The Morgan fingerprint density at radius 3 is 2.11 bits per heavy atom. The van der Waals surface area contributed by atoms with Gasteiger partial charge in [0.05, 0.1) is 6.04 Å². The molecule has 1 unspecified atom stereocenters. The number of carboxylic acid groups (broad SMARTS) is 1. The summed E-state index contributed by atoms with van der Waals surface area (Å²) in [6.45, 7) is 5.76. The summed E-state index contributed by atoms with van der Waals surface area (Å²) in [5, 5.41) is 15.4. The molecule has 10 heteroatoms. The summed E-state index contributed by atoms with van der Waals surface area (Å²) < 4.78 is 5.48. The highest BCUT2D eigenvalue weighted by atomic mass is 16.5. The van der Waals surface area contributed by atoms with Crippen LogP contribution in [-0.4, -0.2) is 53.6 Å². The first-order valence-corrected chi connectivity index (χ1v) is 14.6. The van der Waals surface area contributed by atoms with Gasteiger partial charge < -0.3 is 31.9 Å². The van der Waals surface area contributed by atoms with E-state index in [1.54, 1.807) is 37.3 Å². The first kappa shape index (κ1) is 31.8. The largest absolute Gasteiger partial charge is 0.490 e. The van der Waals surface area contributed by atoms with Crippen molar-refractivity contribution >= 4 is 23.7 Å². The summed E-state index contributed by atoms with van der Waals surface area (Å²) in [7, 11) is 0. The van der Waals surface area contributed by atoms with Gasteiger partial charge in [0, 0.05) is 18.8 Å². The molecule has 0 saturated carbocycles. The third-order valence-electron chi connectivity index (χ3n) is 7.59. The smallest absolute Gasteiger partial charge is 0.326 e. The van der Waals surface area contributed by atoms with Gasteiger partial charge in [-0.05, 0) is 59.7 Å². The molecule has 3 aromatic carbocycles. The van der Waals surface area contributed by atoms with Gasteiger partial charge in [-0.2, -0.15) is 0 Å². The van der Waals surface area contributed by atoms with Gasteiger partial charge >= 0.3 is 5.97 Å². The number of carbonyl (C=O) groups is 3. The Labute approximate surface area is 257 Å². The topological polar surface area (TPSA) is 169 Å². The van der Waals surface area contributed by atoms with Gasteiger partial charge in [0.1, 0.15) is 24.4 Å². The van der Waals surface area contributed by atoms with E-state index in [0.717, 1.165) is 22.3 Å². The Kier molecular flexibility index (Phi) is 10.7.